The van der Waals surface area contributed by atoms with E-state index in [2.05, 4.69) is 11.6 Å². The minimum absolute atomic E-state index is 0.0941. The Labute approximate surface area is 54.7 Å². The Kier molecular flexibility index (Phi) is 2.58. The van der Waals surface area contributed by atoms with Crippen molar-refractivity contribution >= 4 is 17.6 Å². The zero-order valence-electron chi connectivity index (χ0n) is 4.14. The summed E-state index contributed by atoms with van der Waals surface area (Å²) in [5.74, 6) is -1.45. The van der Waals surface area contributed by atoms with Crippen LogP contribution < -0.4 is 0 Å². The van der Waals surface area contributed by atoms with E-state index in [0.29, 0.717) is 0 Å². The predicted octanol–water partition coefficient (Wildman–Crippen LogP) is 1.46. The van der Waals surface area contributed by atoms with Crippen molar-refractivity contribution in [3.8, 4) is 0 Å². The summed E-state index contributed by atoms with van der Waals surface area (Å²) in [4.78, 5) is 9.57. The first-order valence-corrected chi connectivity index (χ1v) is 2.28. The van der Waals surface area contributed by atoms with E-state index < -0.39 is 11.4 Å². The van der Waals surface area contributed by atoms with Gasteiger partial charge in [-0.1, -0.05) is 0 Å². The molecule has 1 N–H and O–H groups in total. The van der Waals surface area contributed by atoms with Crippen molar-refractivity contribution < 1.29 is 18.7 Å². The third-order valence-corrected chi connectivity index (χ3v) is 0.541. The average Bonchev–Trinajstić information content (AvgIpc) is 1.59. The van der Waals surface area contributed by atoms with Crippen LogP contribution in [0.3, 0.4) is 0 Å². The van der Waals surface area contributed by atoms with Crippen molar-refractivity contribution in [2.75, 3.05) is 0 Å². The van der Waals surface area contributed by atoms with Crippen LogP contribution in [-0.4, -0.2) is 16.5 Å². The van der Waals surface area contributed by atoms with Gasteiger partial charge >= 0.3 is 11.4 Å². The summed E-state index contributed by atoms with van der Waals surface area (Å²) in [6, 6.07) is 0. The zero-order valence-corrected chi connectivity index (χ0v) is 4.90. The van der Waals surface area contributed by atoms with Gasteiger partial charge in [0.05, 0.1) is 0 Å². The van der Waals surface area contributed by atoms with E-state index in [1.807, 2.05) is 0 Å². The van der Waals surface area contributed by atoms with Gasteiger partial charge in [0.2, 0.25) is 0 Å². The molecule has 0 aromatic heterocycles. The molecule has 0 amide bonds. The molecule has 0 aliphatic rings. The number of rotatable bonds is 2. The van der Waals surface area contributed by atoms with Crippen LogP contribution in [0.15, 0.2) is 12.2 Å². The molecule has 0 saturated carbocycles. The van der Waals surface area contributed by atoms with Gasteiger partial charge in [-0.2, -0.15) is 8.78 Å². The Morgan fingerprint density at radius 2 is 2.11 bits per heavy atom. The normalized spacial score (nSPS) is 12.3. The molecule has 2 nitrogen and oxygen atoms in total. The summed E-state index contributed by atoms with van der Waals surface area (Å²) >= 11 is 4.29. The van der Waals surface area contributed by atoms with Gasteiger partial charge in [0.25, 0.3) is 0 Å². The second kappa shape index (κ2) is 2.77. The number of carbonyl (C=O) groups is 1. The van der Waals surface area contributed by atoms with E-state index in [9.17, 15) is 13.6 Å². The Balaban J connectivity index is 3.86. The van der Waals surface area contributed by atoms with Crippen LogP contribution in [0.1, 0.15) is 0 Å². The lowest BCUT2D eigenvalue weighted by molar-refractivity contribution is -0.131. The van der Waals surface area contributed by atoms with Crippen molar-refractivity contribution in [1.29, 1.82) is 0 Å². The summed E-state index contributed by atoms with van der Waals surface area (Å²) in [6.45, 7) is 0. The lowest BCUT2D eigenvalue weighted by Gasteiger charge is -1.95. The standard InChI is InChI=1S/C4H3ClF2O2/c5-4(6,7)2-1-3(8)9/h1-2H,(H,8,9)/b2-1+. The largest absolute Gasteiger partial charge is 0.478 e. The van der Waals surface area contributed by atoms with Crippen LogP contribution >= 0.6 is 11.6 Å². The maximum atomic E-state index is 11.5. The fraction of sp³-hybridized carbons (Fsp3) is 0.250. The number of aliphatic carboxylic acids is 1. The van der Waals surface area contributed by atoms with Gasteiger partial charge in [0, 0.05) is 12.2 Å². The summed E-state index contributed by atoms with van der Waals surface area (Å²) in [5, 5.41) is 4.24. The van der Waals surface area contributed by atoms with Gasteiger partial charge in [-0.05, 0) is 11.6 Å². The molecule has 0 aliphatic heterocycles. The molecule has 0 atom stereocenters. The molecule has 9 heavy (non-hydrogen) atoms. The first-order valence-electron chi connectivity index (χ1n) is 1.91. The van der Waals surface area contributed by atoms with E-state index in [0.717, 1.165) is 0 Å². The van der Waals surface area contributed by atoms with E-state index in [-0.39, 0.29) is 12.2 Å². The Morgan fingerprint density at radius 1 is 1.67 bits per heavy atom. The number of hydrogen-bond donors (Lipinski definition) is 1. The minimum atomic E-state index is -3.56. The van der Waals surface area contributed by atoms with Crippen molar-refractivity contribution in [2.24, 2.45) is 0 Å². The van der Waals surface area contributed by atoms with Crippen molar-refractivity contribution in [2.45, 2.75) is 5.38 Å². The first-order chi connectivity index (χ1) is 3.92. The van der Waals surface area contributed by atoms with Crippen LogP contribution in [0.5, 0.6) is 0 Å². The number of halogens is 3. The average molecular weight is 157 g/mol. The van der Waals surface area contributed by atoms with E-state index >= 15 is 0 Å². The molecule has 0 aromatic rings. The second-order valence-electron chi connectivity index (χ2n) is 1.21. The molecule has 0 bridgehead atoms. The van der Waals surface area contributed by atoms with Gasteiger partial charge in [-0.3, -0.25) is 0 Å². The van der Waals surface area contributed by atoms with Gasteiger partial charge in [-0.25, -0.2) is 4.79 Å². The third-order valence-electron chi connectivity index (χ3n) is 0.415. The van der Waals surface area contributed by atoms with Gasteiger partial charge < -0.3 is 5.11 Å². The van der Waals surface area contributed by atoms with E-state index in [1.54, 1.807) is 0 Å². The summed E-state index contributed by atoms with van der Waals surface area (Å²) in [7, 11) is 0. The molecule has 0 radical (unpaired) electrons. The van der Waals surface area contributed by atoms with Crippen LogP contribution in [0.4, 0.5) is 8.78 Å². The molecule has 5 heteroatoms. The lowest BCUT2D eigenvalue weighted by atomic mass is 10.5. The molecule has 0 spiro atoms. The Morgan fingerprint density at radius 3 is 2.22 bits per heavy atom. The SMILES string of the molecule is O=C(O)/C=C/C(F)(F)Cl. The van der Waals surface area contributed by atoms with E-state index in [4.69, 9.17) is 5.11 Å². The molecule has 0 aromatic carbocycles. The molecular weight excluding hydrogens is 153 g/mol. The highest BCUT2D eigenvalue weighted by Crippen LogP contribution is 2.19. The number of allylic oxidation sites excluding steroid dienone is 1. The summed E-state index contributed by atoms with van der Waals surface area (Å²) < 4.78 is 23.0. The van der Waals surface area contributed by atoms with Crippen LogP contribution in [0.2, 0.25) is 0 Å². The first kappa shape index (κ1) is 8.36. The molecule has 0 aliphatic carbocycles. The van der Waals surface area contributed by atoms with Crippen LogP contribution in [0, 0.1) is 0 Å². The molecule has 52 valence electrons. The Hall–Kier alpha value is -0.640. The molecule has 0 fully saturated rings. The van der Waals surface area contributed by atoms with Crippen LogP contribution in [-0.2, 0) is 4.79 Å². The highest BCUT2D eigenvalue weighted by molar-refractivity contribution is 6.23. The maximum Gasteiger partial charge on any atom is 0.341 e. The number of carboxylic acid groups (broad SMARTS) is 1. The summed E-state index contributed by atoms with van der Waals surface area (Å²) in [6.07, 6.45) is 0.379. The van der Waals surface area contributed by atoms with Gasteiger partial charge in [0.15, 0.2) is 0 Å². The molecule has 0 rings (SSSR count). The fourth-order valence-corrected chi connectivity index (χ4v) is 0.229. The molecular formula is C4H3ClF2O2. The molecule has 0 heterocycles. The minimum Gasteiger partial charge on any atom is -0.478 e. The van der Waals surface area contributed by atoms with Gasteiger partial charge in [0.1, 0.15) is 0 Å². The lowest BCUT2D eigenvalue weighted by Crippen LogP contribution is -2.00. The Bertz CT molecular complexity index is 138. The molecule has 0 saturated heterocycles. The van der Waals surface area contributed by atoms with Crippen LogP contribution in [0.25, 0.3) is 0 Å². The monoisotopic (exact) mass is 156 g/mol. The van der Waals surface area contributed by atoms with Crippen molar-refractivity contribution in [3.05, 3.63) is 12.2 Å². The van der Waals surface area contributed by atoms with E-state index in [1.165, 1.54) is 0 Å². The third kappa shape index (κ3) is 7.36. The number of hydrogen-bond acceptors (Lipinski definition) is 1. The second-order valence-corrected chi connectivity index (χ2v) is 1.72. The van der Waals surface area contributed by atoms with Crippen molar-refractivity contribution in [1.82, 2.24) is 0 Å². The fourth-order valence-electron chi connectivity index (χ4n) is 0.166. The van der Waals surface area contributed by atoms with Crippen molar-refractivity contribution in [3.63, 3.8) is 0 Å². The predicted molar refractivity (Wildman–Crippen MR) is 27.6 cm³/mol. The smallest absolute Gasteiger partial charge is 0.341 e. The number of carboxylic acids is 1. The zero-order chi connectivity index (χ0) is 7.49. The summed E-state index contributed by atoms with van der Waals surface area (Å²) in [5.41, 5.74) is 0. The topological polar surface area (TPSA) is 37.3 Å². The highest BCUT2D eigenvalue weighted by atomic mass is 35.5. The molecule has 0 unspecified atom stereocenters. The highest BCUT2D eigenvalue weighted by Gasteiger charge is 2.19. The quantitative estimate of drug-likeness (QED) is 0.486. The number of alkyl halides is 3. The maximum absolute atomic E-state index is 11.5. The van der Waals surface area contributed by atoms with Gasteiger partial charge in [-0.15, -0.1) is 0 Å².